The lowest BCUT2D eigenvalue weighted by atomic mass is 10.0. The summed E-state index contributed by atoms with van der Waals surface area (Å²) in [5, 5.41) is 8.95. The molecule has 3 rings (SSSR count). The van der Waals surface area contributed by atoms with E-state index < -0.39 is 0 Å². The summed E-state index contributed by atoms with van der Waals surface area (Å²) < 4.78 is 2.07. The molecule has 0 saturated carbocycles. The molecule has 0 radical (unpaired) electrons. The van der Waals surface area contributed by atoms with Crippen LogP contribution in [-0.2, 0) is 13.0 Å². The quantitative estimate of drug-likeness (QED) is 0.540. The van der Waals surface area contributed by atoms with Gasteiger partial charge in [0.15, 0.2) is 0 Å². The van der Waals surface area contributed by atoms with Gasteiger partial charge in [-0.25, -0.2) is 4.68 Å². The van der Waals surface area contributed by atoms with E-state index in [1.54, 1.807) is 0 Å². The highest BCUT2D eigenvalue weighted by Gasteiger charge is 2.14. The van der Waals surface area contributed by atoms with Crippen LogP contribution in [0.2, 0.25) is 0 Å². The topological polar surface area (TPSA) is 30.7 Å². The van der Waals surface area contributed by atoms with Crippen molar-refractivity contribution in [1.29, 1.82) is 0 Å². The number of unbranched alkanes of at least 4 members (excludes halogenated alkanes) is 3. The predicted molar refractivity (Wildman–Crippen MR) is 98.8 cm³/mol. The first kappa shape index (κ1) is 16.4. The molecule has 0 aliphatic carbocycles. The molecule has 24 heavy (non-hydrogen) atoms. The van der Waals surface area contributed by atoms with Gasteiger partial charge < -0.3 is 0 Å². The Bertz CT molecular complexity index is 732. The molecule has 0 amide bonds. The van der Waals surface area contributed by atoms with E-state index in [0.717, 1.165) is 24.2 Å². The lowest BCUT2D eigenvalue weighted by Gasteiger charge is -2.09. The van der Waals surface area contributed by atoms with E-state index in [1.807, 2.05) is 12.1 Å². The van der Waals surface area contributed by atoms with Crippen LogP contribution in [-0.4, -0.2) is 15.0 Å². The molecule has 1 heterocycles. The fraction of sp³-hybridized carbons (Fsp3) is 0.333. The van der Waals surface area contributed by atoms with Crippen LogP contribution in [0.1, 0.15) is 43.9 Å². The van der Waals surface area contributed by atoms with Crippen molar-refractivity contribution in [2.75, 3.05) is 0 Å². The van der Waals surface area contributed by atoms with Gasteiger partial charge in [-0.15, -0.1) is 5.10 Å². The Morgan fingerprint density at radius 3 is 2.25 bits per heavy atom. The lowest BCUT2D eigenvalue weighted by molar-refractivity contribution is 0.591. The maximum atomic E-state index is 4.49. The predicted octanol–water partition coefficient (Wildman–Crippen LogP) is 5.12. The standard InChI is InChI=1S/C21H25N3/c1-2-3-4-11-16-20-21(19-14-9-6-10-15-19)22-23-24(20)17-18-12-7-5-8-13-18/h5-10,12-15H,2-4,11,16-17H2,1H3. The molecule has 3 aromatic rings. The highest BCUT2D eigenvalue weighted by atomic mass is 15.4. The highest BCUT2D eigenvalue weighted by Crippen LogP contribution is 2.23. The van der Waals surface area contributed by atoms with Gasteiger partial charge >= 0.3 is 0 Å². The SMILES string of the molecule is CCCCCCc1c(-c2ccccc2)nnn1Cc1ccccc1. The lowest BCUT2D eigenvalue weighted by Crippen LogP contribution is -2.07. The number of hydrogen-bond donors (Lipinski definition) is 0. The van der Waals surface area contributed by atoms with Crippen LogP contribution < -0.4 is 0 Å². The van der Waals surface area contributed by atoms with Crippen molar-refractivity contribution in [2.24, 2.45) is 0 Å². The zero-order valence-electron chi connectivity index (χ0n) is 14.4. The van der Waals surface area contributed by atoms with E-state index in [9.17, 15) is 0 Å². The molecular weight excluding hydrogens is 294 g/mol. The summed E-state index contributed by atoms with van der Waals surface area (Å²) in [5.74, 6) is 0. The Balaban J connectivity index is 1.86. The highest BCUT2D eigenvalue weighted by molar-refractivity contribution is 5.61. The van der Waals surface area contributed by atoms with E-state index in [1.165, 1.54) is 36.9 Å². The van der Waals surface area contributed by atoms with Crippen molar-refractivity contribution in [3.63, 3.8) is 0 Å². The van der Waals surface area contributed by atoms with E-state index >= 15 is 0 Å². The van der Waals surface area contributed by atoms with Crippen molar-refractivity contribution < 1.29 is 0 Å². The minimum absolute atomic E-state index is 0.782. The van der Waals surface area contributed by atoms with Gasteiger partial charge in [-0.3, -0.25) is 0 Å². The number of nitrogens with zero attached hydrogens (tertiary/aromatic N) is 3. The maximum Gasteiger partial charge on any atom is 0.116 e. The fourth-order valence-corrected chi connectivity index (χ4v) is 3.00. The van der Waals surface area contributed by atoms with Gasteiger partial charge in [-0.05, 0) is 18.4 Å². The molecule has 124 valence electrons. The van der Waals surface area contributed by atoms with Crippen LogP contribution in [0.25, 0.3) is 11.3 Å². The molecule has 3 heteroatoms. The summed E-state index contributed by atoms with van der Waals surface area (Å²) in [5.41, 5.74) is 4.70. The van der Waals surface area contributed by atoms with Crippen molar-refractivity contribution >= 4 is 0 Å². The van der Waals surface area contributed by atoms with E-state index in [0.29, 0.717) is 0 Å². The van der Waals surface area contributed by atoms with Gasteiger partial charge in [0.2, 0.25) is 0 Å². The third-order valence-corrected chi connectivity index (χ3v) is 4.33. The number of hydrogen-bond acceptors (Lipinski definition) is 2. The molecule has 2 aromatic carbocycles. The maximum absolute atomic E-state index is 4.49. The molecule has 0 aliphatic heterocycles. The molecule has 0 unspecified atom stereocenters. The van der Waals surface area contributed by atoms with Gasteiger partial charge in [0.1, 0.15) is 5.69 Å². The summed E-state index contributed by atoms with van der Waals surface area (Å²) in [6, 6.07) is 20.9. The average Bonchev–Trinajstić information content (AvgIpc) is 3.03. The summed E-state index contributed by atoms with van der Waals surface area (Å²) in [6.45, 7) is 3.03. The van der Waals surface area contributed by atoms with Crippen molar-refractivity contribution in [2.45, 2.75) is 45.6 Å². The molecule has 0 bridgehead atoms. The van der Waals surface area contributed by atoms with Gasteiger partial charge in [-0.1, -0.05) is 92.1 Å². The molecule has 0 fully saturated rings. The molecule has 0 aliphatic rings. The number of rotatable bonds is 8. The zero-order chi connectivity index (χ0) is 16.6. The Labute approximate surface area is 144 Å². The summed E-state index contributed by atoms with van der Waals surface area (Å²) in [7, 11) is 0. The smallest absolute Gasteiger partial charge is 0.116 e. The van der Waals surface area contributed by atoms with E-state index in [-0.39, 0.29) is 0 Å². The first-order chi connectivity index (χ1) is 11.9. The van der Waals surface area contributed by atoms with Gasteiger partial charge in [0.05, 0.1) is 12.2 Å². The largest absolute Gasteiger partial charge is 0.244 e. The Hall–Kier alpha value is -2.42. The average molecular weight is 319 g/mol. The fourth-order valence-electron chi connectivity index (χ4n) is 3.00. The Morgan fingerprint density at radius 1 is 0.833 bits per heavy atom. The second-order valence-electron chi connectivity index (χ2n) is 6.20. The normalized spacial score (nSPS) is 10.9. The van der Waals surface area contributed by atoms with Crippen molar-refractivity contribution in [3.05, 3.63) is 71.9 Å². The molecule has 0 N–H and O–H groups in total. The molecule has 1 aromatic heterocycles. The van der Waals surface area contributed by atoms with Crippen molar-refractivity contribution in [3.8, 4) is 11.3 Å². The van der Waals surface area contributed by atoms with Gasteiger partial charge in [0, 0.05) is 5.56 Å². The van der Waals surface area contributed by atoms with Crippen LogP contribution in [0, 0.1) is 0 Å². The monoisotopic (exact) mass is 319 g/mol. The first-order valence-electron chi connectivity index (χ1n) is 8.90. The van der Waals surface area contributed by atoms with Crippen molar-refractivity contribution in [1.82, 2.24) is 15.0 Å². The Kier molecular flexibility index (Phi) is 5.78. The molecular formula is C21H25N3. The molecule has 3 nitrogen and oxygen atoms in total. The zero-order valence-corrected chi connectivity index (χ0v) is 14.4. The minimum Gasteiger partial charge on any atom is -0.244 e. The van der Waals surface area contributed by atoms with E-state index in [2.05, 4.69) is 70.4 Å². The van der Waals surface area contributed by atoms with Crippen LogP contribution >= 0.6 is 0 Å². The van der Waals surface area contributed by atoms with Crippen LogP contribution in [0.4, 0.5) is 0 Å². The summed E-state index contributed by atoms with van der Waals surface area (Å²) >= 11 is 0. The number of aromatic nitrogens is 3. The van der Waals surface area contributed by atoms with Crippen LogP contribution in [0.5, 0.6) is 0 Å². The second kappa shape index (κ2) is 8.44. The van der Waals surface area contributed by atoms with Crippen LogP contribution in [0.3, 0.4) is 0 Å². The molecule has 0 spiro atoms. The summed E-state index contributed by atoms with van der Waals surface area (Å²) in [4.78, 5) is 0. The van der Waals surface area contributed by atoms with Gasteiger partial charge in [0.25, 0.3) is 0 Å². The third-order valence-electron chi connectivity index (χ3n) is 4.33. The Morgan fingerprint density at radius 2 is 1.54 bits per heavy atom. The third kappa shape index (κ3) is 4.10. The summed E-state index contributed by atoms with van der Waals surface area (Å²) in [6.07, 6.45) is 6.04. The minimum atomic E-state index is 0.782. The number of benzene rings is 2. The van der Waals surface area contributed by atoms with Gasteiger partial charge in [-0.2, -0.15) is 0 Å². The van der Waals surface area contributed by atoms with E-state index in [4.69, 9.17) is 0 Å². The van der Waals surface area contributed by atoms with Crippen LogP contribution in [0.15, 0.2) is 60.7 Å². The first-order valence-corrected chi connectivity index (χ1v) is 8.90. The second-order valence-corrected chi connectivity index (χ2v) is 6.20. The molecule has 0 saturated heterocycles. The molecule has 0 atom stereocenters.